The van der Waals surface area contributed by atoms with E-state index in [4.69, 9.17) is 14.6 Å². The molecule has 1 amide bonds. The van der Waals surface area contributed by atoms with Gasteiger partial charge in [0.25, 0.3) is 0 Å². The molecule has 0 aliphatic carbocycles. The largest absolute Gasteiger partial charge is 0.493 e. The summed E-state index contributed by atoms with van der Waals surface area (Å²) in [7, 11) is 3.01. The molecule has 0 fully saturated rings. The molecule has 7 nitrogen and oxygen atoms in total. The molecule has 0 saturated heterocycles. The third kappa shape index (κ3) is 5.18. The molecule has 0 spiro atoms. The maximum absolute atomic E-state index is 12.3. The minimum atomic E-state index is -1.01. The number of ether oxygens (including phenoxy) is 2. The van der Waals surface area contributed by atoms with Gasteiger partial charge in [0.05, 0.1) is 43.8 Å². The van der Waals surface area contributed by atoms with E-state index in [0.717, 1.165) is 5.01 Å². The summed E-state index contributed by atoms with van der Waals surface area (Å²) in [6.07, 6.45) is -0.134. The van der Waals surface area contributed by atoms with Crippen molar-refractivity contribution < 1.29 is 24.2 Å². The summed E-state index contributed by atoms with van der Waals surface area (Å²) in [5, 5.41) is 14.6. The first-order valence-electron chi connectivity index (χ1n) is 7.57. The molecule has 1 aromatic heterocycles. The fraction of sp³-hybridized carbons (Fsp3) is 0.353. The van der Waals surface area contributed by atoms with E-state index in [1.54, 1.807) is 18.2 Å². The van der Waals surface area contributed by atoms with E-state index in [1.165, 1.54) is 25.6 Å². The summed E-state index contributed by atoms with van der Waals surface area (Å²) < 4.78 is 10.4. The van der Waals surface area contributed by atoms with Gasteiger partial charge in [-0.2, -0.15) is 0 Å². The van der Waals surface area contributed by atoms with Crippen LogP contribution in [0.25, 0.3) is 0 Å². The summed E-state index contributed by atoms with van der Waals surface area (Å²) in [4.78, 5) is 27.7. The second kappa shape index (κ2) is 8.48. The Kier molecular flexibility index (Phi) is 6.35. The number of hydrogen-bond acceptors (Lipinski definition) is 6. The maximum Gasteiger partial charge on any atom is 0.305 e. The number of hydrogen-bond donors (Lipinski definition) is 2. The lowest BCUT2D eigenvalue weighted by molar-refractivity contribution is -0.137. The van der Waals surface area contributed by atoms with Crippen LogP contribution in [0.4, 0.5) is 0 Å². The number of carboxylic acid groups (broad SMARTS) is 1. The number of carbonyl (C=O) groups excluding carboxylic acids is 1. The SMILES string of the molecule is COc1ccc([C@H](CC(=O)O)NC(=O)Cc2csc(C)n2)cc1OC. The normalized spacial score (nSPS) is 11.6. The van der Waals surface area contributed by atoms with Gasteiger partial charge in [-0.25, -0.2) is 4.98 Å². The standard InChI is InChI=1S/C17H20N2O5S/c1-10-18-12(9-25-10)7-16(20)19-13(8-17(21)22)11-4-5-14(23-2)15(6-11)24-3/h4-6,9,13H,7-8H2,1-3H3,(H,19,20)(H,21,22)/t13-/m0/s1. The van der Waals surface area contributed by atoms with Gasteiger partial charge in [0.15, 0.2) is 11.5 Å². The Bertz CT molecular complexity index is 759. The molecule has 25 heavy (non-hydrogen) atoms. The third-order valence-corrected chi connectivity index (χ3v) is 4.35. The lowest BCUT2D eigenvalue weighted by Crippen LogP contribution is -2.31. The number of amides is 1. The van der Waals surface area contributed by atoms with Crippen molar-refractivity contribution in [1.29, 1.82) is 0 Å². The van der Waals surface area contributed by atoms with Gasteiger partial charge < -0.3 is 19.9 Å². The second-order valence-corrected chi connectivity index (χ2v) is 6.43. The van der Waals surface area contributed by atoms with Crippen molar-refractivity contribution in [2.24, 2.45) is 0 Å². The first-order valence-corrected chi connectivity index (χ1v) is 8.45. The van der Waals surface area contributed by atoms with Crippen LogP contribution < -0.4 is 14.8 Å². The number of aromatic nitrogens is 1. The van der Waals surface area contributed by atoms with Gasteiger partial charge in [0.2, 0.25) is 5.91 Å². The number of nitrogens with zero attached hydrogens (tertiary/aromatic N) is 1. The van der Waals surface area contributed by atoms with Crippen molar-refractivity contribution in [2.45, 2.75) is 25.8 Å². The molecule has 0 saturated carbocycles. The number of benzene rings is 1. The van der Waals surface area contributed by atoms with Gasteiger partial charge in [-0.1, -0.05) is 6.07 Å². The number of aryl methyl sites for hydroxylation is 1. The van der Waals surface area contributed by atoms with Crippen molar-refractivity contribution in [3.63, 3.8) is 0 Å². The van der Waals surface area contributed by atoms with Crippen LogP contribution in [-0.2, 0) is 16.0 Å². The molecular weight excluding hydrogens is 344 g/mol. The Morgan fingerprint density at radius 3 is 2.56 bits per heavy atom. The van der Waals surface area contributed by atoms with Crippen LogP contribution in [0.15, 0.2) is 23.6 Å². The Balaban J connectivity index is 2.17. The predicted octanol–water partition coefficient (Wildman–Crippen LogP) is 2.34. The summed E-state index contributed by atoms with van der Waals surface area (Å²) in [6, 6.07) is 4.38. The average molecular weight is 364 g/mol. The van der Waals surface area contributed by atoms with Crippen molar-refractivity contribution in [2.75, 3.05) is 14.2 Å². The van der Waals surface area contributed by atoms with Gasteiger partial charge in [-0.3, -0.25) is 9.59 Å². The number of methoxy groups -OCH3 is 2. The van der Waals surface area contributed by atoms with Gasteiger partial charge in [0, 0.05) is 5.38 Å². The molecule has 1 atom stereocenters. The minimum Gasteiger partial charge on any atom is -0.493 e. The van der Waals surface area contributed by atoms with Crippen molar-refractivity contribution in [3.8, 4) is 11.5 Å². The highest BCUT2D eigenvalue weighted by molar-refractivity contribution is 7.09. The Labute approximate surface area is 149 Å². The van der Waals surface area contributed by atoms with E-state index in [-0.39, 0.29) is 18.7 Å². The maximum atomic E-state index is 12.3. The zero-order valence-corrected chi connectivity index (χ0v) is 15.1. The Hall–Kier alpha value is -2.61. The molecule has 2 N–H and O–H groups in total. The fourth-order valence-corrected chi connectivity index (χ4v) is 3.01. The van der Waals surface area contributed by atoms with Gasteiger partial charge >= 0.3 is 5.97 Å². The molecule has 2 aromatic rings. The molecule has 0 aliphatic heterocycles. The summed E-state index contributed by atoms with van der Waals surface area (Å²) in [6.45, 7) is 1.86. The number of thiazole rings is 1. The van der Waals surface area contributed by atoms with Crippen LogP contribution in [0.1, 0.15) is 28.7 Å². The first-order chi connectivity index (χ1) is 11.9. The molecule has 8 heteroatoms. The Morgan fingerprint density at radius 2 is 2.00 bits per heavy atom. The molecule has 1 aromatic carbocycles. The summed E-state index contributed by atoms with van der Waals surface area (Å²) in [5.41, 5.74) is 1.30. The first kappa shape index (κ1) is 18.7. The number of aliphatic carboxylic acids is 1. The van der Waals surface area contributed by atoms with Crippen molar-refractivity contribution in [3.05, 3.63) is 39.8 Å². The van der Waals surface area contributed by atoms with Crippen LogP contribution >= 0.6 is 11.3 Å². The molecule has 0 aliphatic rings. The Morgan fingerprint density at radius 1 is 1.28 bits per heavy atom. The van der Waals surface area contributed by atoms with Crippen molar-refractivity contribution >= 4 is 23.2 Å². The number of nitrogens with one attached hydrogen (secondary N) is 1. The van der Waals surface area contributed by atoms with Gasteiger partial charge in [0.1, 0.15) is 0 Å². The molecule has 2 rings (SSSR count). The van der Waals surface area contributed by atoms with Crippen LogP contribution in [-0.4, -0.2) is 36.2 Å². The summed E-state index contributed by atoms with van der Waals surface area (Å²) in [5.74, 6) is -0.291. The zero-order chi connectivity index (χ0) is 18.4. The van der Waals surface area contributed by atoms with E-state index in [9.17, 15) is 9.59 Å². The molecule has 0 bridgehead atoms. The summed E-state index contributed by atoms with van der Waals surface area (Å²) >= 11 is 1.47. The molecule has 1 heterocycles. The number of rotatable bonds is 8. The van der Waals surface area contributed by atoms with Crippen molar-refractivity contribution in [1.82, 2.24) is 10.3 Å². The molecule has 0 radical (unpaired) electrons. The monoisotopic (exact) mass is 364 g/mol. The number of carboxylic acids is 1. The van der Waals surface area contributed by atoms with E-state index < -0.39 is 12.0 Å². The van der Waals surface area contributed by atoms with E-state index in [0.29, 0.717) is 22.8 Å². The minimum absolute atomic E-state index is 0.105. The lowest BCUT2D eigenvalue weighted by Gasteiger charge is -2.19. The highest BCUT2D eigenvalue weighted by Crippen LogP contribution is 2.31. The predicted molar refractivity (Wildman–Crippen MR) is 93.2 cm³/mol. The lowest BCUT2D eigenvalue weighted by atomic mass is 10.0. The fourth-order valence-electron chi connectivity index (χ4n) is 2.40. The highest BCUT2D eigenvalue weighted by Gasteiger charge is 2.20. The van der Waals surface area contributed by atoms with Crippen LogP contribution in [0.5, 0.6) is 11.5 Å². The molecular formula is C17H20N2O5S. The second-order valence-electron chi connectivity index (χ2n) is 5.37. The van der Waals surface area contributed by atoms with Gasteiger partial charge in [-0.15, -0.1) is 11.3 Å². The van der Waals surface area contributed by atoms with Crippen LogP contribution in [0, 0.1) is 6.92 Å². The van der Waals surface area contributed by atoms with E-state index >= 15 is 0 Å². The smallest absolute Gasteiger partial charge is 0.305 e. The van der Waals surface area contributed by atoms with E-state index in [1.807, 2.05) is 12.3 Å². The molecule has 134 valence electrons. The van der Waals surface area contributed by atoms with Crippen LogP contribution in [0.2, 0.25) is 0 Å². The number of carbonyl (C=O) groups is 2. The van der Waals surface area contributed by atoms with Crippen LogP contribution in [0.3, 0.4) is 0 Å². The third-order valence-electron chi connectivity index (χ3n) is 3.53. The topological polar surface area (TPSA) is 97.8 Å². The average Bonchev–Trinajstić information content (AvgIpc) is 2.97. The highest BCUT2D eigenvalue weighted by atomic mass is 32.1. The quantitative estimate of drug-likeness (QED) is 0.746. The zero-order valence-electron chi connectivity index (χ0n) is 14.2. The van der Waals surface area contributed by atoms with E-state index in [2.05, 4.69) is 10.3 Å². The molecule has 0 unspecified atom stereocenters. The van der Waals surface area contributed by atoms with Gasteiger partial charge in [-0.05, 0) is 24.6 Å².